The minimum atomic E-state index is -0.662. The van der Waals surface area contributed by atoms with Crippen LogP contribution in [0.4, 0.5) is 5.69 Å². The van der Waals surface area contributed by atoms with Crippen LogP contribution < -0.4 is 11.1 Å². The summed E-state index contributed by atoms with van der Waals surface area (Å²) in [6, 6.07) is 27.2. The number of nitrogens with one attached hydrogen (secondary N) is 2. The van der Waals surface area contributed by atoms with Gasteiger partial charge < -0.3 is 11.1 Å². The van der Waals surface area contributed by atoms with E-state index in [1.807, 2.05) is 85.8 Å². The van der Waals surface area contributed by atoms with Crippen LogP contribution in [0.5, 0.6) is 0 Å². The quantitative estimate of drug-likeness (QED) is 0.337. The summed E-state index contributed by atoms with van der Waals surface area (Å²) in [5.74, 6) is -0.245. The van der Waals surface area contributed by atoms with Gasteiger partial charge in [-0.15, -0.1) is 0 Å². The SMILES string of the molecule is Cc1n[nH]c2ccc(-c3cc(NC(=O)[C@@H](N)Cc4ccccc4)cnc3-c3ccccc3)cc12. The summed E-state index contributed by atoms with van der Waals surface area (Å²) in [7, 11) is 0. The van der Waals surface area contributed by atoms with Crippen molar-refractivity contribution >= 4 is 22.5 Å². The first-order valence-corrected chi connectivity index (χ1v) is 11.2. The Bertz CT molecular complexity index is 1440. The second-order valence-electron chi connectivity index (χ2n) is 8.34. The zero-order valence-corrected chi connectivity index (χ0v) is 18.8. The fourth-order valence-corrected chi connectivity index (χ4v) is 4.09. The molecular weight excluding hydrogens is 422 g/mol. The molecule has 6 heteroatoms. The van der Waals surface area contributed by atoms with E-state index >= 15 is 0 Å². The minimum absolute atomic E-state index is 0.245. The van der Waals surface area contributed by atoms with Crippen molar-refractivity contribution in [1.82, 2.24) is 15.2 Å². The molecule has 0 fully saturated rings. The minimum Gasteiger partial charge on any atom is -0.323 e. The Morgan fingerprint density at radius 2 is 1.71 bits per heavy atom. The van der Waals surface area contributed by atoms with E-state index in [9.17, 15) is 4.79 Å². The number of H-pyrrole nitrogens is 1. The number of carbonyl (C=O) groups excluding carboxylic acids is 1. The van der Waals surface area contributed by atoms with Crippen molar-refractivity contribution in [1.29, 1.82) is 0 Å². The highest BCUT2D eigenvalue weighted by molar-refractivity contribution is 5.97. The molecule has 0 radical (unpaired) electrons. The van der Waals surface area contributed by atoms with Crippen molar-refractivity contribution in [2.75, 3.05) is 5.32 Å². The maximum Gasteiger partial charge on any atom is 0.241 e. The molecule has 5 aromatic rings. The molecule has 0 aliphatic carbocycles. The second-order valence-corrected chi connectivity index (χ2v) is 8.34. The summed E-state index contributed by atoms with van der Waals surface area (Å²) in [4.78, 5) is 17.6. The van der Waals surface area contributed by atoms with E-state index in [1.54, 1.807) is 6.20 Å². The van der Waals surface area contributed by atoms with Gasteiger partial charge in [0.05, 0.1) is 34.8 Å². The van der Waals surface area contributed by atoms with E-state index < -0.39 is 6.04 Å². The Kier molecular flexibility index (Phi) is 5.89. The first-order chi connectivity index (χ1) is 16.6. The van der Waals surface area contributed by atoms with Crippen molar-refractivity contribution in [3.63, 3.8) is 0 Å². The van der Waals surface area contributed by atoms with Crippen LogP contribution >= 0.6 is 0 Å². The van der Waals surface area contributed by atoms with Gasteiger partial charge in [-0.25, -0.2) is 0 Å². The van der Waals surface area contributed by atoms with Gasteiger partial charge in [-0.05, 0) is 42.7 Å². The molecule has 0 aliphatic heterocycles. The number of rotatable bonds is 6. The summed E-state index contributed by atoms with van der Waals surface area (Å²) in [6.07, 6.45) is 2.14. The first kappa shape index (κ1) is 21.6. The van der Waals surface area contributed by atoms with E-state index in [-0.39, 0.29) is 5.91 Å². The van der Waals surface area contributed by atoms with Crippen molar-refractivity contribution in [3.8, 4) is 22.4 Å². The van der Waals surface area contributed by atoms with E-state index in [1.165, 1.54) is 0 Å². The Hall–Kier alpha value is -4.29. The van der Waals surface area contributed by atoms with Crippen LogP contribution in [-0.4, -0.2) is 27.1 Å². The largest absolute Gasteiger partial charge is 0.323 e. The van der Waals surface area contributed by atoms with Crippen LogP contribution in [0.1, 0.15) is 11.3 Å². The molecule has 0 aliphatic rings. The highest BCUT2D eigenvalue weighted by Gasteiger charge is 2.17. The fourth-order valence-electron chi connectivity index (χ4n) is 4.09. The van der Waals surface area contributed by atoms with E-state index in [4.69, 9.17) is 10.7 Å². The summed E-state index contributed by atoms with van der Waals surface area (Å²) in [5.41, 5.74) is 13.5. The number of nitrogens with zero attached hydrogens (tertiary/aromatic N) is 2. The highest BCUT2D eigenvalue weighted by Crippen LogP contribution is 2.34. The molecule has 4 N–H and O–H groups in total. The standard InChI is InChI=1S/C28H25N5O/c1-18-23-15-21(12-13-26(23)33-32-18)24-16-22(17-30-27(24)20-10-6-3-7-11-20)31-28(34)25(29)14-19-8-4-2-5-9-19/h2-13,15-17,25H,14,29H2,1H3,(H,31,34)(H,32,33)/t25-/m0/s1. The van der Waals surface area contributed by atoms with Gasteiger partial charge in [0.15, 0.2) is 0 Å². The predicted octanol–water partition coefficient (Wildman–Crippen LogP) is 5.11. The monoisotopic (exact) mass is 447 g/mol. The van der Waals surface area contributed by atoms with Gasteiger partial charge >= 0.3 is 0 Å². The lowest BCUT2D eigenvalue weighted by molar-refractivity contribution is -0.117. The van der Waals surface area contributed by atoms with E-state index in [2.05, 4.69) is 21.6 Å². The summed E-state index contributed by atoms with van der Waals surface area (Å²) < 4.78 is 0. The van der Waals surface area contributed by atoms with Gasteiger partial charge in [0.2, 0.25) is 5.91 Å². The topological polar surface area (TPSA) is 96.7 Å². The number of pyridine rings is 1. The lowest BCUT2D eigenvalue weighted by atomic mass is 9.97. The third-order valence-corrected chi connectivity index (χ3v) is 5.90. The number of aromatic amines is 1. The van der Waals surface area contributed by atoms with Crippen LogP contribution in [-0.2, 0) is 11.2 Å². The van der Waals surface area contributed by atoms with Crippen LogP contribution in [0.25, 0.3) is 33.3 Å². The van der Waals surface area contributed by atoms with Crippen molar-refractivity contribution in [2.45, 2.75) is 19.4 Å². The van der Waals surface area contributed by atoms with Crippen molar-refractivity contribution in [2.24, 2.45) is 5.73 Å². The summed E-state index contributed by atoms with van der Waals surface area (Å²) in [6.45, 7) is 1.98. The number of aromatic nitrogens is 3. The number of fused-ring (bicyclic) bond motifs is 1. The highest BCUT2D eigenvalue weighted by atomic mass is 16.2. The van der Waals surface area contributed by atoms with Crippen LogP contribution in [0.15, 0.2) is 91.1 Å². The molecule has 0 bridgehead atoms. The van der Waals surface area contributed by atoms with Gasteiger partial charge in [-0.1, -0.05) is 66.7 Å². The molecule has 3 aromatic carbocycles. The number of anilines is 1. The van der Waals surface area contributed by atoms with Crippen LogP contribution in [0, 0.1) is 6.92 Å². The van der Waals surface area contributed by atoms with Gasteiger partial charge in [-0.2, -0.15) is 5.10 Å². The van der Waals surface area contributed by atoms with Crippen molar-refractivity contribution in [3.05, 3.63) is 102 Å². The molecule has 0 spiro atoms. The number of benzene rings is 3. The number of nitrogens with two attached hydrogens (primary N) is 1. The molecule has 6 nitrogen and oxygen atoms in total. The Balaban J connectivity index is 1.49. The lowest BCUT2D eigenvalue weighted by Crippen LogP contribution is -2.37. The first-order valence-electron chi connectivity index (χ1n) is 11.2. The molecular formula is C28H25N5O. The van der Waals surface area contributed by atoms with Crippen LogP contribution in [0.3, 0.4) is 0 Å². The normalized spacial score (nSPS) is 11.9. The molecule has 5 rings (SSSR count). The molecule has 2 heterocycles. The third kappa shape index (κ3) is 4.44. The number of carbonyl (C=O) groups is 1. The average Bonchev–Trinajstić information content (AvgIpc) is 3.25. The maximum absolute atomic E-state index is 12.8. The van der Waals surface area contributed by atoms with Gasteiger partial charge in [-0.3, -0.25) is 14.9 Å². The molecule has 0 saturated heterocycles. The molecule has 168 valence electrons. The Labute approximate surface area is 197 Å². The maximum atomic E-state index is 12.8. The smallest absolute Gasteiger partial charge is 0.241 e. The zero-order valence-electron chi connectivity index (χ0n) is 18.8. The van der Waals surface area contributed by atoms with Crippen molar-refractivity contribution < 1.29 is 4.79 Å². The third-order valence-electron chi connectivity index (χ3n) is 5.90. The number of hydrogen-bond acceptors (Lipinski definition) is 4. The molecule has 2 aromatic heterocycles. The zero-order chi connectivity index (χ0) is 23.5. The van der Waals surface area contributed by atoms with Crippen LogP contribution in [0.2, 0.25) is 0 Å². The summed E-state index contributed by atoms with van der Waals surface area (Å²) >= 11 is 0. The average molecular weight is 448 g/mol. The summed E-state index contributed by atoms with van der Waals surface area (Å²) in [5, 5.41) is 11.4. The Morgan fingerprint density at radius 1 is 0.971 bits per heavy atom. The molecule has 1 atom stereocenters. The number of hydrogen-bond donors (Lipinski definition) is 3. The van der Waals surface area contributed by atoms with Gasteiger partial charge in [0.25, 0.3) is 0 Å². The van der Waals surface area contributed by atoms with Gasteiger partial charge in [0, 0.05) is 16.5 Å². The second kappa shape index (κ2) is 9.29. The Morgan fingerprint density at radius 3 is 2.47 bits per heavy atom. The fraction of sp³-hybridized carbons (Fsp3) is 0.107. The molecule has 0 unspecified atom stereocenters. The predicted molar refractivity (Wildman–Crippen MR) is 136 cm³/mol. The van der Waals surface area contributed by atoms with Gasteiger partial charge in [0.1, 0.15) is 0 Å². The molecule has 34 heavy (non-hydrogen) atoms. The van der Waals surface area contributed by atoms with E-state index in [0.29, 0.717) is 12.1 Å². The number of amides is 1. The molecule has 0 saturated carbocycles. The van der Waals surface area contributed by atoms with E-state index in [0.717, 1.165) is 44.5 Å². The lowest BCUT2D eigenvalue weighted by Gasteiger charge is -2.15. The molecule has 1 amide bonds. The number of aryl methyl sites for hydroxylation is 1.